The molecule has 1 atom stereocenters. The van der Waals surface area contributed by atoms with E-state index in [1.54, 1.807) is 0 Å². The number of fused-ring (bicyclic) bond motifs is 1. The zero-order valence-corrected chi connectivity index (χ0v) is 16.4. The van der Waals surface area contributed by atoms with E-state index in [1.165, 1.54) is 23.3 Å². The van der Waals surface area contributed by atoms with Crippen LogP contribution in [0.25, 0.3) is 0 Å². The first-order valence-electron chi connectivity index (χ1n) is 10.3. The predicted octanol–water partition coefficient (Wildman–Crippen LogP) is 2.32. The number of carbonyl (C=O) groups is 1. The Balaban J connectivity index is 1.29. The average Bonchev–Trinajstić information content (AvgIpc) is 2.74. The molecule has 148 valence electrons. The maximum atomic E-state index is 12.7. The molecule has 28 heavy (non-hydrogen) atoms. The maximum Gasteiger partial charge on any atom is 0.282 e. The quantitative estimate of drug-likeness (QED) is 0.836. The minimum absolute atomic E-state index is 0.0631. The van der Waals surface area contributed by atoms with Crippen LogP contribution in [0.15, 0.2) is 48.5 Å². The normalized spacial score (nSPS) is 22.3. The number of carbonyl (C=O) groups excluding carboxylic acids is 1. The highest BCUT2D eigenvalue weighted by atomic mass is 16.6. The van der Waals surface area contributed by atoms with Gasteiger partial charge in [-0.2, -0.15) is 0 Å². The van der Waals surface area contributed by atoms with Crippen LogP contribution in [0.2, 0.25) is 0 Å². The summed E-state index contributed by atoms with van der Waals surface area (Å²) in [6, 6.07) is 16.2. The van der Waals surface area contributed by atoms with Crippen molar-refractivity contribution in [2.45, 2.75) is 32.2 Å². The molecule has 2 aromatic carbocycles. The van der Waals surface area contributed by atoms with E-state index in [1.807, 2.05) is 25.1 Å². The van der Waals surface area contributed by atoms with Crippen molar-refractivity contribution >= 4 is 11.6 Å². The molecule has 0 saturated carbocycles. The van der Waals surface area contributed by atoms with E-state index in [2.05, 4.69) is 35.6 Å². The standard InChI is InChI=1S/C23H28N2O3/c1-17(23(26)24-20-7-8-21-22(16-20)28-14-13-27-21)25-11-9-19(10-12-25)15-18-5-3-2-4-6-18/h2-8,16-17,19H,9-15H2,1H3,(H,24,26)/p+1/t17-/m1/s1. The van der Waals surface area contributed by atoms with Crippen LogP contribution in [0.3, 0.4) is 0 Å². The molecule has 2 N–H and O–H groups in total. The van der Waals surface area contributed by atoms with Gasteiger partial charge in [0.15, 0.2) is 17.5 Å². The molecule has 2 aliphatic heterocycles. The molecule has 0 aliphatic carbocycles. The van der Waals surface area contributed by atoms with Crippen molar-refractivity contribution in [1.82, 2.24) is 0 Å². The van der Waals surface area contributed by atoms with Crippen LogP contribution in [0.1, 0.15) is 25.3 Å². The van der Waals surface area contributed by atoms with Crippen molar-refractivity contribution in [3.8, 4) is 11.5 Å². The molecule has 1 fully saturated rings. The number of amides is 1. The Morgan fingerprint density at radius 1 is 1.07 bits per heavy atom. The van der Waals surface area contributed by atoms with Crippen LogP contribution in [-0.4, -0.2) is 38.3 Å². The maximum absolute atomic E-state index is 12.7. The van der Waals surface area contributed by atoms with Crippen LogP contribution in [0.5, 0.6) is 11.5 Å². The molecular weight excluding hydrogens is 352 g/mol. The number of likely N-dealkylation sites (tertiary alicyclic amines) is 1. The Kier molecular flexibility index (Phi) is 5.81. The summed E-state index contributed by atoms with van der Waals surface area (Å²) in [6.07, 6.45) is 3.49. The first-order valence-corrected chi connectivity index (χ1v) is 10.3. The van der Waals surface area contributed by atoms with Crippen molar-refractivity contribution in [3.63, 3.8) is 0 Å². The second-order valence-electron chi connectivity index (χ2n) is 7.86. The lowest BCUT2D eigenvalue weighted by atomic mass is 9.89. The number of hydrogen-bond donors (Lipinski definition) is 2. The van der Waals surface area contributed by atoms with E-state index in [4.69, 9.17) is 9.47 Å². The fraction of sp³-hybridized carbons (Fsp3) is 0.435. The third kappa shape index (κ3) is 4.47. The van der Waals surface area contributed by atoms with E-state index in [-0.39, 0.29) is 11.9 Å². The first kappa shape index (κ1) is 18.8. The number of anilines is 1. The summed E-state index contributed by atoms with van der Waals surface area (Å²) in [5.74, 6) is 2.22. The van der Waals surface area contributed by atoms with Crippen LogP contribution in [0.4, 0.5) is 5.69 Å². The summed E-state index contributed by atoms with van der Waals surface area (Å²) < 4.78 is 11.1. The monoisotopic (exact) mass is 381 g/mol. The van der Waals surface area contributed by atoms with Crippen LogP contribution in [-0.2, 0) is 11.2 Å². The number of benzene rings is 2. The van der Waals surface area contributed by atoms with Gasteiger partial charge in [0.05, 0.1) is 13.1 Å². The topological polar surface area (TPSA) is 52.0 Å². The first-order chi connectivity index (χ1) is 13.7. The molecule has 2 aromatic rings. The molecular formula is C23H29N2O3+. The van der Waals surface area contributed by atoms with Crippen LogP contribution in [0, 0.1) is 5.92 Å². The number of nitrogens with one attached hydrogen (secondary N) is 2. The molecule has 1 amide bonds. The molecule has 0 unspecified atom stereocenters. The van der Waals surface area contributed by atoms with Gasteiger partial charge >= 0.3 is 0 Å². The number of piperidine rings is 1. The molecule has 5 nitrogen and oxygen atoms in total. The van der Waals surface area contributed by atoms with Crippen molar-refractivity contribution in [1.29, 1.82) is 0 Å². The van der Waals surface area contributed by atoms with Gasteiger partial charge in [-0.25, -0.2) is 0 Å². The average molecular weight is 381 g/mol. The van der Waals surface area contributed by atoms with Gasteiger partial charge in [0.2, 0.25) is 0 Å². The van der Waals surface area contributed by atoms with Crippen molar-refractivity contribution < 1.29 is 19.2 Å². The van der Waals surface area contributed by atoms with Gasteiger partial charge in [0, 0.05) is 11.8 Å². The fourth-order valence-corrected chi connectivity index (χ4v) is 4.19. The lowest BCUT2D eigenvalue weighted by molar-refractivity contribution is -0.919. The van der Waals surface area contributed by atoms with E-state index >= 15 is 0 Å². The molecule has 2 aliphatic rings. The summed E-state index contributed by atoms with van der Waals surface area (Å²) in [5, 5.41) is 3.04. The van der Waals surface area contributed by atoms with E-state index in [0.29, 0.717) is 19.0 Å². The number of ether oxygens (including phenoxy) is 2. The lowest BCUT2D eigenvalue weighted by Gasteiger charge is -2.32. The van der Waals surface area contributed by atoms with Gasteiger partial charge in [-0.1, -0.05) is 30.3 Å². The van der Waals surface area contributed by atoms with Gasteiger partial charge < -0.3 is 19.7 Å². The van der Waals surface area contributed by atoms with Gasteiger partial charge in [-0.05, 0) is 49.8 Å². The minimum atomic E-state index is -0.0640. The van der Waals surface area contributed by atoms with Crippen molar-refractivity contribution in [3.05, 3.63) is 54.1 Å². The third-order valence-corrected chi connectivity index (χ3v) is 5.93. The van der Waals surface area contributed by atoms with E-state index < -0.39 is 0 Å². The lowest BCUT2D eigenvalue weighted by Crippen LogP contribution is -3.17. The number of rotatable bonds is 5. The van der Waals surface area contributed by atoms with Gasteiger partial charge in [0.1, 0.15) is 13.2 Å². The molecule has 0 spiro atoms. The molecule has 5 heteroatoms. The minimum Gasteiger partial charge on any atom is -0.486 e. The second-order valence-corrected chi connectivity index (χ2v) is 7.86. The summed E-state index contributed by atoms with van der Waals surface area (Å²) in [5.41, 5.74) is 2.18. The Morgan fingerprint density at radius 2 is 1.79 bits per heavy atom. The predicted molar refractivity (Wildman–Crippen MR) is 109 cm³/mol. The smallest absolute Gasteiger partial charge is 0.282 e. The van der Waals surface area contributed by atoms with Gasteiger partial charge in [-0.3, -0.25) is 4.79 Å². The molecule has 4 rings (SSSR count). The Labute approximate surface area is 166 Å². The number of hydrogen-bond acceptors (Lipinski definition) is 3. The summed E-state index contributed by atoms with van der Waals surface area (Å²) in [4.78, 5) is 14.1. The summed E-state index contributed by atoms with van der Waals surface area (Å²) in [7, 11) is 0. The van der Waals surface area contributed by atoms with Crippen LogP contribution < -0.4 is 19.7 Å². The van der Waals surface area contributed by atoms with E-state index in [9.17, 15) is 4.79 Å². The molecule has 0 aromatic heterocycles. The third-order valence-electron chi connectivity index (χ3n) is 5.93. The highest BCUT2D eigenvalue weighted by Gasteiger charge is 2.30. The molecule has 1 saturated heterocycles. The Morgan fingerprint density at radius 3 is 2.54 bits per heavy atom. The summed E-state index contributed by atoms with van der Waals surface area (Å²) >= 11 is 0. The molecule has 0 radical (unpaired) electrons. The second kappa shape index (κ2) is 8.65. The number of quaternary nitrogens is 1. The highest BCUT2D eigenvalue weighted by Crippen LogP contribution is 2.32. The Bertz CT molecular complexity index is 801. The van der Waals surface area contributed by atoms with Gasteiger partial charge in [-0.15, -0.1) is 0 Å². The van der Waals surface area contributed by atoms with Gasteiger partial charge in [0.25, 0.3) is 5.91 Å². The zero-order chi connectivity index (χ0) is 19.3. The SMILES string of the molecule is C[C@H](C(=O)Nc1ccc2c(c1)OCCO2)[NH+]1CCC(Cc2ccccc2)CC1. The summed E-state index contributed by atoms with van der Waals surface area (Å²) in [6.45, 7) is 5.24. The largest absolute Gasteiger partial charge is 0.486 e. The Hall–Kier alpha value is -2.53. The van der Waals surface area contributed by atoms with Crippen molar-refractivity contribution in [2.75, 3.05) is 31.6 Å². The van der Waals surface area contributed by atoms with E-state index in [0.717, 1.165) is 36.9 Å². The fourth-order valence-electron chi connectivity index (χ4n) is 4.19. The molecule has 0 bridgehead atoms. The molecule has 2 heterocycles. The van der Waals surface area contributed by atoms with Crippen molar-refractivity contribution in [2.24, 2.45) is 5.92 Å². The van der Waals surface area contributed by atoms with Crippen LogP contribution >= 0.6 is 0 Å². The highest BCUT2D eigenvalue weighted by molar-refractivity contribution is 5.93. The zero-order valence-electron chi connectivity index (χ0n) is 16.4.